The Labute approximate surface area is 310 Å². The number of furan rings is 1. The average molecular weight is 821 g/mol. The van der Waals surface area contributed by atoms with Crippen LogP contribution >= 0.6 is 0 Å². The topological polar surface area (TPSA) is 38.9 Å². The van der Waals surface area contributed by atoms with Crippen LogP contribution in [0.2, 0.25) is 0 Å². The Morgan fingerprint density at radius 3 is 2.37 bits per heavy atom. The first-order chi connectivity index (χ1) is 25.8. The molecule has 0 aliphatic heterocycles. The van der Waals surface area contributed by atoms with Crippen LogP contribution in [0.1, 0.15) is 45.7 Å². The van der Waals surface area contributed by atoms with E-state index in [0.29, 0.717) is 22.4 Å². The SMILES string of the molecule is [2H]C([2H])([2H])c1c[c-]c(-c2ccc(C([2H])([2H])C(C)(C)C)cn2)cc1-c1ccccc1.[2H]Cc1ccnc(-c2[c-]ccc3c2oc2c4ccccc4ccc32)c1.[Ir]. The maximum atomic E-state index is 8.39. The summed E-state index contributed by atoms with van der Waals surface area (Å²) in [6.07, 6.45) is 1.76. The van der Waals surface area contributed by atoms with E-state index in [1.807, 2.05) is 87.5 Å². The van der Waals surface area contributed by atoms with Crippen molar-refractivity contribution in [2.45, 2.75) is 40.9 Å². The van der Waals surface area contributed by atoms with E-state index >= 15 is 0 Å². The van der Waals surface area contributed by atoms with Crippen LogP contribution in [0.4, 0.5) is 0 Å². The van der Waals surface area contributed by atoms with E-state index in [-0.39, 0.29) is 32.6 Å². The molecule has 3 heterocycles. The molecule has 0 bridgehead atoms. The van der Waals surface area contributed by atoms with Gasteiger partial charge in [0.25, 0.3) is 0 Å². The minimum absolute atomic E-state index is 0. The zero-order valence-corrected chi connectivity index (χ0v) is 29.9. The molecule has 0 N–H and O–H groups in total. The Morgan fingerprint density at radius 2 is 1.59 bits per heavy atom. The van der Waals surface area contributed by atoms with Crippen molar-refractivity contribution in [1.82, 2.24) is 9.97 Å². The molecule has 1 radical (unpaired) electrons. The van der Waals surface area contributed by atoms with Gasteiger partial charge in [-0.2, -0.15) is 0 Å². The number of aryl methyl sites for hydroxylation is 2. The summed E-state index contributed by atoms with van der Waals surface area (Å²) >= 11 is 0. The summed E-state index contributed by atoms with van der Waals surface area (Å²) in [5.41, 5.74) is 7.16. The molecule has 5 aromatic carbocycles. The van der Waals surface area contributed by atoms with Gasteiger partial charge in [-0.25, -0.2) is 0 Å². The number of pyridine rings is 2. The van der Waals surface area contributed by atoms with Crippen LogP contribution in [-0.2, 0) is 26.5 Å². The molecule has 49 heavy (non-hydrogen) atoms. The van der Waals surface area contributed by atoms with Gasteiger partial charge in [-0.05, 0) is 52.7 Å². The van der Waals surface area contributed by atoms with Crippen molar-refractivity contribution in [2.75, 3.05) is 0 Å². The molecule has 0 fully saturated rings. The summed E-state index contributed by atoms with van der Waals surface area (Å²) in [7, 11) is 0. The number of fused-ring (bicyclic) bond motifs is 5. The summed E-state index contributed by atoms with van der Waals surface area (Å²) < 4.78 is 54.2. The van der Waals surface area contributed by atoms with Crippen LogP contribution in [0, 0.1) is 31.3 Å². The van der Waals surface area contributed by atoms with E-state index in [9.17, 15) is 0 Å². The van der Waals surface area contributed by atoms with Crippen LogP contribution in [0.3, 0.4) is 0 Å². The number of rotatable bonds is 4. The molecule has 0 amide bonds. The van der Waals surface area contributed by atoms with Gasteiger partial charge in [0.05, 0.1) is 5.58 Å². The van der Waals surface area contributed by atoms with E-state index in [1.54, 1.807) is 30.6 Å². The van der Waals surface area contributed by atoms with Crippen molar-refractivity contribution >= 4 is 32.7 Å². The van der Waals surface area contributed by atoms with Crippen molar-refractivity contribution < 1.29 is 32.7 Å². The summed E-state index contributed by atoms with van der Waals surface area (Å²) in [5.74, 6) is 0. The molecule has 0 spiro atoms. The predicted octanol–water partition coefficient (Wildman–Crippen LogP) is 12.0. The smallest absolute Gasteiger partial charge is 0.128 e. The third-order valence-corrected chi connectivity index (χ3v) is 8.00. The second kappa shape index (κ2) is 14.3. The van der Waals surface area contributed by atoms with Crippen molar-refractivity contribution in [3.05, 3.63) is 156 Å². The summed E-state index contributed by atoms with van der Waals surface area (Å²) in [6.45, 7) is 3.55. The van der Waals surface area contributed by atoms with Gasteiger partial charge in [0, 0.05) is 51.5 Å². The fraction of sp³-hybridized carbons (Fsp3) is 0.156. The Kier molecular flexibility index (Phi) is 7.88. The summed E-state index contributed by atoms with van der Waals surface area (Å²) in [4.78, 5) is 8.91. The molecule has 0 saturated carbocycles. The maximum absolute atomic E-state index is 8.39. The second-order valence-electron chi connectivity index (χ2n) is 12.8. The van der Waals surface area contributed by atoms with Crippen LogP contribution in [0.25, 0.3) is 66.4 Å². The Bertz CT molecular complexity index is 2600. The van der Waals surface area contributed by atoms with Crippen LogP contribution in [-0.4, -0.2) is 9.97 Å². The van der Waals surface area contributed by atoms with Gasteiger partial charge in [0.2, 0.25) is 0 Å². The maximum Gasteiger partial charge on any atom is 0.128 e. The van der Waals surface area contributed by atoms with Gasteiger partial charge < -0.3 is 14.4 Å². The largest absolute Gasteiger partial charge is 0.500 e. The molecule has 0 aliphatic carbocycles. The normalized spacial score (nSPS) is 13.6. The zero-order valence-electron chi connectivity index (χ0n) is 33.5. The number of hydrogen-bond acceptors (Lipinski definition) is 3. The fourth-order valence-electron chi connectivity index (χ4n) is 5.83. The molecule has 4 heteroatoms. The van der Waals surface area contributed by atoms with Gasteiger partial charge in [-0.15, -0.1) is 47.5 Å². The number of hydrogen-bond donors (Lipinski definition) is 0. The Balaban J connectivity index is 0.000000185. The Hall–Kier alpha value is -4.89. The van der Waals surface area contributed by atoms with Crippen molar-refractivity contribution in [2.24, 2.45) is 5.41 Å². The van der Waals surface area contributed by atoms with E-state index < -0.39 is 18.6 Å². The second-order valence-corrected chi connectivity index (χ2v) is 12.8. The van der Waals surface area contributed by atoms with E-state index in [2.05, 4.69) is 46.4 Å². The van der Waals surface area contributed by atoms with Crippen molar-refractivity contribution in [1.29, 1.82) is 0 Å². The van der Waals surface area contributed by atoms with Gasteiger partial charge in [0.15, 0.2) is 0 Å². The van der Waals surface area contributed by atoms with Crippen molar-refractivity contribution in [3.63, 3.8) is 0 Å². The molecule has 245 valence electrons. The minimum Gasteiger partial charge on any atom is -0.500 e. The Morgan fingerprint density at radius 1 is 0.776 bits per heavy atom. The molecular weight excluding hydrogens is 777 g/mol. The fourth-order valence-corrected chi connectivity index (χ4v) is 5.83. The molecular formula is C45H38IrN2O-2. The van der Waals surface area contributed by atoms with Crippen molar-refractivity contribution in [3.8, 4) is 33.6 Å². The first-order valence-corrected chi connectivity index (χ1v) is 15.8. The standard InChI is InChI=1S/C23H24N.C22H14NO.Ir/c1-17-10-12-20(14-21(17)19-8-6-5-7-9-19)22-13-11-18(16-24-22)15-23(2,3)4;1-14-11-12-23-20(13-14)19-8-4-7-17-18-10-9-15-5-2-3-6-16(15)21(18)24-22(17)19;/h5-11,13-14,16H,15H2,1-4H3;2-7,9-13H,1H3;/q2*-1;/i1D3,15D2;1D;. The van der Waals surface area contributed by atoms with Gasteiger partial charge >= 0.3 is 0 Å². The zero-order chi connectivity index (χ0) is 38.3. The van der Waals surface area contributed by atoms with Crippen LogP contribution in [0.15, 0.2) is 132 Å². The third kappa shape index (κ3) is 7.42. The average Bonchev–Trinajstić information content (AvgIpc) is 3.57. The molecule has 8 rings (SSSR count). The molecule has 0 saturated heterocycles. The molecule has 0 atom stereocenters. The van der Waals surface area contributed by atoms with Gasteiger partial charge in [0.1, 0.15) is 5.58 Å². The molecule has 0 unspecified atom stereocenters. The third-order valence-electron chi connectivity index (χ3n) is 8.00. The molecule has 3 aromatic heterocycles. The van der Waals surface area contributed by atoms with Crippen LogP contribution < -0.4 is 0 Å². The molecule has 8 aromatic rings. The first kappa shape index (κ1) is 27.0. The predicted molar refractivity (Wildman–Crippen MR) is 200 cm³/mol. The minimum atomic E-state index is -2.25. The van der Waals surface area contributed by atoms with Crippen LogP contribution in [0.5, 0.6) is 0 Å². The quantitative estimate of drug-likeness (QED) is 0.166. The van der Waals surface area contributed by atoms with E-state index in [0.717, 1.165) is 55.1 Å². The van der Waals surface area contributed by atoms with E-state index in [4.69, 9.17) is 12.6 Å². The number of aromatic nitrogens is 2. The van der Waals surface area contributed by atoms with Gasteiger partial charge in [-0.1, -0.05) is 135 Å². The summed E-state index contributed by atoms with van der Waals surface area (Å²) in [6, 6.07) is 42.7. The number of nitrogens with zero attached hydrogens (tertiary/aromatic N) is 2. The molecule has 3 nitrogen and oxygen atoms in total. The monoisotopic (exact) mass is 821 g/mol. The first-order valence-electron chi connectivity index (χ1n) is 19.0. The van der Waals surface area contributed by atoms with Gasteiger partial charge in [-0.3, -0.25) is 0 Å². The number of benzene rings is 5. The molecule has 0 aliphatic rings. The van der Waals surface area contributed by atoms with E-state index in [1.165, 1.54) is 6.07 Å². The summed E-state index contributed by atoms with van der Waals surface area (Å²) in [5, 5.41) is 4.43.